The van der Waals surface area contributed by atoms with Gasteiger partial charge in [0.15, 0.2) is 0 Å². The van der Waals surface area contributed by atoms with Crippen molar-refractivity contribution in [3.05, 3.63) is 71.8 Å². The zero-order chi connectivity index (χ0) is 25.4. The van der Waals surface area contributed by atoms with E-state index < -0.39 is 24.4 Å². The van der Waals surface area contributed by atoms with Crippen LogP contribution >= 0.6 is 49.6 Å². The summed E-state index contributed by atoms with van der Waals surface area (Å²) >= 11 is 13.8. The number of hydrogen-bond acceptors (Lipinski definition) is 7. The van der Waals surface area contributed by atoms with E-state index in [-0.39, 0.29) is 54.3 Å². The van der Waals surface area contributed by atoms with Crippen LogP contribution in [0.15, 0.2) is 60.7 Å². The minimum atomic E-state index is -3.90. The summed E-state index contributed by atoms with van der Waals surface area (Å²) in [4.78, 5) is 0. The number of rotatable bonds is 10. The van der Waals surface area contributed by atoms with Gasteiger partial charge in [-0.2, -0.15) is 8.42 Å². The van der Waals surface area contributed by atoms with E-state index in [0.717, 1.165) is 11.1 Å². The first kappa shape index (κ1) is 36.8. The molecule has 0 spiro atoms. The van der Waals surface area contributed by atoms with Crippen LogP contribution in [0.2, 0.25) is 0 Å². The standard InChI is InChI=1S/C9H11ClO3S.C9H12O4S.Cl3OP.Na/c2*10-14(11,12)7-6-13-8-9-4-2-1-3-5-9;1-5(2,3)4;/h1-5H,6-8H2;1-5H,6-8H2,(H,10,11,12);;/q;;;+1. The van der Waals surface area contributed by atoms with E-state index in [9.17, 15) is 21.4 Å². The molecule has 34 heavy (non-hydrogen) atoms. The van der Waals surface area contributed by atoms with Crippen LogP contribution in [0.3, 0.4) is 0 Å². The van der Waals surface area contributed by atoms with Gasteiger partial charge in [-0.1, -0.05) is 60.7 Å². The van der Waals surface area contributed by atoms with Crippen LogP contribution in [0.5, 0.6) is 0 Å². The van der Waals surface area contributed by atoms with E-state index in [1.807, 2.05) is 60.7 Å². The Balaban J connectivity index is 0. The van der Waals surface area contributed by atoms with Crippen LogP contribution in [0.1, 0.15) is 11.1 Å². The number of halogens is 4. The third-order valence-electron chi connectivity index (χ3n) is 3.18. The predicted octanol–water partition coefficient (Wildman–Crippen LogP) is 2.68. The van der Waals surface area contributed by atoms with E-state index in [1.54, 1.807) is 0 Å². The van der Waals surface area contributed by atoms with Crippen molar-refractivity contribution in [2.45, 2.75) is 13.2 Å². The van der Waals surface area contributed by atoms with Gasteiger partial charge >= 0.3 is 34.8 Å². The molecule has 188 valence electrons. The molecule has 0 bridgehead atoms. The van der Waals surface area contributed by atoms with E-state index >= 15 is 0 Å². The topological polar surface area (TPSA) is 124 Å². The number of benzene rings is 2. The molecule has 0 heterocycles. The van der Waals surface area contributed by atoms with Crippen molar-refractivity contribution < 1.29 is 65.0 Å². The van der Waals surface area contributed by atoms with Gasteiger partial charge in [-0.3, -0.25) is 9.12 Å². The molecule has 0 aliphatic rings. The average Bonchev–Trinajstić information content (AvgIpc) is 2.68. The summed E-state index contributed by atoms with van der Waals surface area (Å²) in [5.74, 6) is -0.513. The second-order valence-electron chi connectivity index (χ2n) is 6.00. The zero-order valence-corrected chi connectivity index (χ0v) is 25.6. The molecule has 16 heteroatoms. The smallest absolute Gasteiger partial charge is 0.376 e. The van der Waals surface area contributed by atoms with Gasteiger partial charge in [0, 0.05) is 10.7 Å². The third kappa shape index (κ3) is 30.6. The monoisotopic (exact) mass is 625 g/mol. The Kier molecular flexibility index (Phi) is 21.3. The summed E-state index contributed by atoms with van der Waals surface area (Å²) in [6.45, 7) is 0.901. The molecule has 0 radical (unpaired) electrons. The van der Waals surface area contributed by atoms with Gasteiger partial charge in [-0.05, 0) is 44.8 Å². The molecule has 0 aromatic heterocycles. The Bertz CT molecular complexity index is 956. The molecule has 0 atom stereocenters. The molecule has 2 aromatic carbocycles. The van der Waals surface area contributed by atoms with Crippen LogP contribution in [0, 0.1) is 0 Å². The van der Waals surface area contributed by atoms with Crippen LogP contribution < -0.4 is 29.6 Å². The Morgan fingerprint density at radius 2 is 1.06 bits per heavy atom. The maximum Gasteiger partial charge on any atom is 1.00 e. The molecule has 0 unspecified atom stereocenters. The van der Waals surface area contributed by atoms with Crippen molar-refractivity contribution in [2.24, 2.45) is 0 Å². The van der Waals surface area contributed by atoms with Crippen molar-refractivity contribution >= 4 is 68.8 Å². The van der Waals surface area contributed by atoms with Gasteiger partial charge in [-0.25, -0.2) is 8.42 Å². The van der Waals surface area contributed by atoms with Gasteiger partial charge < -0.3 is 9.47 Å². The summed E-state index contributed by atoms with van der Waals surface area (Å²) < 4.78 is 69.8. The van der Waals surface area contributed by atoms with E-state index in [4.69, 9.17) is 24.7 Å². The molecule has 0 saturated carbocycles. The molecule has 0 aliphatic heterocycles. The first-order valence-corrected chi connectivity index (χ1v) is 17.5. The van der Waals surface area contributed by atoms with Gasteiger partial charge in [0.25, 0.3) is 10.1 Å². The van der Waals surface area contributed by atoms with E-state index in [0.29, 0.717) is 13.2 Å². The van der Waals surface area contributed by atoms with Crippen LogP contribution in [-0.2, 0) is 46.4 Å². The van der Waals surface area contributed by atoms with Gasteiger partial charge in [0.05, 0.1) is 37.9 Å². The fourth-order valence-corrected chi connectivity index (χ4v) is 2.69. The number of hydrogen-bond donors (Lipinski definition) is 1. The maximum atomic E-state index is 10.5. The molecule has 0 aliphatic carbocycles. The van der Waals surface area contributed by atoms with Gasteiger partial charge in [0.2, 0.25) is 9.05 Å². The van der Waals surface area contributed by atoms with Crippen molar-refractivity contribution in [3.63, 3.8) is 0 Å². The van der Waals surface area contributed by atoms with E-state index in [1.165, 1.54) is 0 Å². The minimum Gasteiger partial charge on any atom is -0.376 e. The molecule has 0 amide bonds. The molecule has 2 aromatic rings. The summed E-state index contributed by atoms with van der Waals surface area (Å²) in [7, 11) is -2.33. The first-order chi connectivity index (χ1) is 15.2. The molecule has 8 nitrogen and oxygen atoms in total. The Labute approximate surface area is 241 Å². The second-order valence-corrected chi connectivity index (χ2v) is 17.1. The first-order valence-electron chi connectivity index (χ1n) is 8.95. The van der Waals surface area contributed by atoms with E-state index in [2.05, 4.69) is 33.7 Å². The molecular weight excluding hydrogens is 604 g/mol. The van der Waals surface area contributed by atoms with Gasteiger partial charge in [-0.15, -0.1) is 0 Å². The fraction of sp³-hybridized carbons (Fsp3) is 0.333. The molecule has 2 rings (SSSR count). The minimum absolute atomic E-state index is 0. The number of ether oxygens (including phenoxy) is 2. The Morgan fingerprint density at radius 3 is 1.35 bits per heavy atom. The molecule has 0 fully saturated rings. The summed E-state index contributed by atoms with van der Waals surface area (Å²) in [6.07, 6.45) is 0. The average molecular weight is 627 g/mol. The maximum absolute atomic E-state index is 10.5. The van der Waals surface area contributed by atoms with Crippen molar-refractivity contribution in [3.8, 4) is 0 Å². The predicted molar refractivity (Wildman–Crippen MR) is 133 cm³/mol. The Morgan fingerprint density at radius 1 is 0.735 bits per heavy atom. The second kappa shape index (κ2) is 19.7. The van der Waals surface area contributed by atoms with Crippen molar-refractivity contribution in [1.82, 2.24) is 0 Å². The summed E-state index contributed by atoms with van der Waals surface area (Å²) in [5, 5.41) is -3.22. The van der Waals surface area contributed by atoms with Crippen molar-refractivity contribution in [1.29, 1.82) is 0 Å². The third-order valence-corrected chi connectivity index (χ3v) is 4.98. The normalized spacial score (nSPS) is 11.2. The Hall–Kier alpha value is 0.610. The molecule has 0 saturated heterocycles. The van der Waals surface area contributed by atoms with Crippen LogP contribution in [0.25, 0.3) is 0 Å². The van der Waals surface area contributed by atoms with Crippen molar-refractivity contribution in [2.75, 3.05) is 24.7 Å². The largest absolute Gasteiger partial charge is 1.00 e. The van der Waals surface area contributed by atoms with Crippen LogP contribution in [-0.4, -0.2) is 46.1 Å². The zero-order valence-electron chi connectivity index (χ0n) is 18.1. The SMILES string of the molecule is O=P(Cl)(Cl)Cl.O=S(=O)(Cl)CCOCc1ccccc1.O=S(=O)(O)CCOCc1ccccc1.[Na+]. The van der Waals surface area contributed by atoms with Gasteiger partial charge in [0.1, 0.15) is 0 Å². The molecule has 1 N–H and O–H groups in total. The summed E-state index contributed by atoms with van der Waals surface area (Å²) in [6, 6.07) is 18.9. The molecular formula is C18H23Cl4NaO8PS2+. The quantitative estimate of drug-likeness (QED) is 0.140. The van der Waals surface area contributed by atoms with Crippen LogP contribution in [0.4, 0.5) is 0 Å². The fourth-order valence-electron chi connectivity index (χ4n) is 1.85. The summed E-state index contributed by atoms with van der Waals surface area (Å²) in [5.41, 5.74) is 1.99.